The van der Waals surface area contributed by atoms with Gasteiger partial charge in [0.25, 0.3) is 0 Å². The highest BCUT2D eigenvalue weighted by Crippen LogP contribution is 2.02. The van der Waals surface area contributed by atoms with Crippen LogP contribution in [0.3, 0.4) is 0 Å². The summed E-state index contributed by atoms with van der Waals surface area (Å²) in [6, 6.07) is 2.50. The first-order valence-electron chi connectivity index (χ1n) is 6.32. The van der Waals surface area contributed by atoms with E-state index in [1.165, 1.54) is 5.69 Å². The Kier molecular flexibility index (Phi) is 5.65. The van der Waals surface area contributed by atoms with Crippen molar-refractivity contribution in [1.29, 1.82) is 0 Å². The van der Waals surface area contributed by atoms with Crippen LogP contribution in [0.4, 0.5) is 0 Å². The van der Waals surface area contributed by atoms with Crippen LogP contribution in [-0.4, -0.2) is 35.6 Å². The highest BCUT2D eigenvalue weighted by molar-refractivity contribution is 5.06. The van der Waals surface area contributed by atoms with E-state index in [4.69, 9.17) is 4.74 Å². The topological polar surface area (TPSA) is 39.1 Å². The van der Waals surface area contributed by atoms with E-state index in [9.17, 15) is 0 Å². The summed E-state index contributed by atoms with van der Waals surface area (Å²) >= 11 is 0. The minimum Gasteiger partial charge on any atom is -0.380 e. The summed E-state index contributed by atoms with van der Waals surface area (Å²) in [5.41, 5.74) is 2.33. The molecule has 0 radical (unpaired) electrons. The molecular formula is C13H25N3O. The van der Waals surface area contributed by atoms with Crippen molar-refractivity contribution in [3.05, 3.63) is 17.5 Å². The maximum Gasteiger partial charge on any atom is 0.0693 e. The summed E-state index contributed by atoms with van der Waals surface area (Å²) in [5, 5.41) is 7.91. The number of hydrogen-bond donors (Lipinski definition) is 1. The lowest BCUT2D eigenvalue weighted by Gasteiger charge is -2.19. The van der Waals surface area contributed by atoms with Crippen molar-refractivity contribution in [3.63, 3.8) is 0 Å². The summed E-state index contributed by atoms with van der Waals surface area (Å²) in [7, 11) is 1.75. The molecule has 0 aliphatic rings. The third-order valence-electron chi connectivity index (χ3n) is 3.19. The van der Waals surface area contributed by atoms with Crippen molar-refractivity contribution in [3.8, 4) is 0 Å². The zero-order valence-corrected chi connectivity index (χ0v) is 11.7. The highest BCUT2D eigenvalue weighted by atomic mass is 16.5. The molecule has 98 valence electrons. The second-order valence-electron chi connectivity index (χ2n) is 4.69. The van der Waals surface area contributed by atoms with Crippen molar-refractivity contribution in [1.82, 2.24) is 15.1 Å². The Bertz CT molecular complexity index is 335. The fourth-order valence-corrected chi connectivity index (χ4v) is 1.83. The normalized spacial score (nSPS) is 14.9. The number of rotatable bonds is 7. The van der Waals surface area contributed by atoms with E-state index in [1.807, 2.05) is 6.92 Å². The quantitative estimate of drug-likeness (QED) is 0.739. The van der Waals surface area contributed by atoms with Crippen molar-refractivity contribution in [2.45, 2.75) is 52.8 Å². The van der Waals surface area contributed by atoms with Crippen LogP contribution in [0.2, 0.25) is 0 Å². The molecule has 17 heavy (non-hydrogen) atoms. The van der Waals surface area contributed by atoms with Gasteiger partial charge < -0.3 is 10.1 Å². The molecule has 1 aromatic rings. The minimum absolute atomic E-state index is 0.253. The maximum absolute atomic E-state index is 5.27. The number of hydrogen-bond acceptors (Lipinski definition) is 3. The maximum atomic E-state index is 5.27. The molecule has 1 heterocycles. The lowest BCUT2D eigenvalue weighted by molar-refractivity contribution is 0.0886. The minimum atomic E-state index is 0.253. The van der Waals surface area contributed by atoms with Crippen molar-refractivity contribution in [2.24, 2.45) is 0 Å². The molecule has 2 unspecified atom stereocenters. The Morgan fingerprint density at radius 2 is 2.12 bits per heavy atom. The molecule has 2 atom stereocenters. The lowest BCUT2D eigenvalue weighted by Crippen LogP contribution is -2.37. The number of aromatic nitrogens is 2. The molecule has 1 aromatic heterocycles. The third-order valence-corrected chi connectivity index (χ3v) is 3.19. The predicted octanol–water partition coefficient (Wildman–Crippen LogP) is 1.90. The van der Waals surface area contributed by atoms with Gasteiger partial charge in [0.05, 0.1) is 11.8 Å². The van der Waals surface area contributed by atoms with Crippen molar-refractivity contribution in [2.75, 3.05) is 13.7 Å². The number of aryl methyl sites for hydroxylation is 3. The van der Waals surface area contributed by atoms with Crippen LogP contribution in [0.25, 0.3) is 0 Å². The van der Waals surface area contributed by atoms with E-state index in [0.717, 1.165) is 25.2 Å². The number of nitrogens with zero attached hydrogens (tertiary/aromatic N) is 2. The molecule has 0 bridgehead atoms. The molecule has 4 heteroatoms. The first kappa shape index (κ1) is 14.2. The van der Waals surface area contributed by atoms with Gasteiger partial charge >= 0.3 is 0 Å². The van der Waals surface area contributed by atoms with Crippen LogP contribution < -0.4 is 5.32 Å². The highest BCUT2D eigenvalue weighted by Gasteiger charge is 2.09. The van der Waals surface area contributed by atoms with Crippen LogP contribution in [0.5, 0.6) is 0 Å². The molecule has 0 aliphatic heterocycles. The summed E-state index contributed by atoms with van der Waals surface area (Å²) < 4.78 is 7.34. The monoisotopic (exact) mass is 239 g/mol. The Labute approximate surface area is 104 Å². The second-order valence-corrected chi connectivity index (χ2v) is 4.69. The first-order chi connectivity index (χ1) is 8.04. The van der Waals surface area contributed by atoms with E-state index < -0.39 is 0 Å². The van der Waals surface area contributed by atoms with E-state index in [0.29, 0.717) is 6.04 Å². The Hall–Kier alpha value is -0.870. The van der Waals surface area contributed by atoms with E-state index in [-0.39, 0.29) is 6.10 Å². The lowest BCUT2D eigenvalue weighted by atomic mass is 10.2. The van der Waals surface area contributed by atoms with Crippen LogP contribution in [0, 0.1) is 13.8 Å². The van der Waals surface area contributed by atoms with Gasteiger partial charge in [-0.2, -0.15) is 5.10 Å². The molecule has 1 N–H and O–H groups in total. The van der Waals surface area contributed by atoms with E-state index in [1.54, 1.807) is 7.11 Å². The molecule has 0 saturated heterocycles. The number of methoxy groups -OCH3 is 1. The SMILES string of the molecule is COC(C)C(C)NCCCn1nc(C)cc1C. The molecular weight excluding hydrogens is 214 g/mol. The van der Waals surface area contributed by atoms with Gasteiger partial charge in [0.2, 0.25) is 0 Å². The van der Waals surface area contributed by atoms with E-state index in [2.05, 4.69) is 41.9 Å². The fraction of sp³-hybridized carbons (Fsp3) is 0.769. The van der Waals surface area contributed by atoms with Gasteiger partial charge in [0.1, 0.15) is 0 Å². The van der Waals surface area contributed by atoms with Gasteiger partial charge in [0, 0.05) is 25.4 Å². The molecule has 1 rings (SSSR count). The summed E-state index contributed by atoms with van der Waals surface area (Å²) in [6.45, 7) is 10.3. The van der Waals surface area contributed by atoms with Crippen molar-refractivity contribution >= 4 is 0 Å². The molecule has 4 nitrogen and oxygen atoms in total. The van der Waals surface area contributed by atoms with Gasteiger partial charge in [-0.3, -0.25) is 4.68 Å². The zero-order valence-electron chi connectivity index (χ0n) is 11.7. The van der Waals surface area contributed by atoms with Gasteiger partial charge in [0.15, 0.2) is 0 Å². The second kappa shape index (κ2) is 6.77. The zero-order chi connectivity index (χ0) is 12.8. The van der Waals surface area contributed by atoms with Gasteiger partial charge in [-0.1, -0.05) is 0 Å². The Morgan fingerprint density at radius 1 is 1.41 bits per heavy atom. The Balaban J connectivity index is 2.22. The summed E-state index contributed by atoms with van der Waals surface area (Å²) in [4.78, 5) is 0. The standard InChI is InChI=1S/C13H25N3O/c1-10-9-11(2)16(15-10)8-6-7-14-12(3)13(4)17-5/h9,12-14H,6-8H2,1-5H3. The molecule has 0 spiro atoms. The Morgan fingerprint density at radius 3 is 2.65 bits per heavy atom. The fourth-order valence-electron chi connectivity index (χ4n) is 1.83. The molecule has 0 aromatic carbocycles. The molecule has 0 aliphatic carbocycles. The van der Waals surface area contributed by atoms with Crippen LogP contribution >= 0.6 is 0 Å². The van der Waals surface area contributed by atoms with Crippen molar-refractivity contribution < 1.29 is 4.74 Å². The summed E-state index contributed by atoms with van der Waals surface area (Å²) in [6.07, 6.45) is 1.34. The van der Waals surface area contributed by atoms with Gasteiger partial charge in [-0.25, -0.2) is 0 Å². The average molecular weight is 239 g/mol. The van der Waals surface area contributed by atoms with Crippen LogP contribution in [0.15, 0.2) is 6.07 Å². The molecule has 0 fully saturated rings. The average Bonchev–Trinajstić information content (AvgIpc) is 2.62. The third kappa shape index (κ3) is 4.48. The summed E-state index contributed by atoms with van der Waals surface area (Å²) in [5.74, 6) is 0. The van der Waals surface area contributed by atoms with Crippen LogP contribution in [-0.2, 0) is 11.3 Å². The van der Waals surface area contributed by atoms with Gasteiger partial charge in [-0.15, -0.1) is 0 Å². The number of nitrogens with one attached hydrogen (secondary N) is 1. The van der Waals surface area contributed by atoms with Gasteiger partial charge in [-0.05, 0) is 46.7 Å². The van der Waals surface area contributed by atoms with E-state index >= 15 is 0 Å². The van der Waals surface area contributed by atoms with Crippen LogP contribution in [0.1, 0.15) is 31.7 Å². The molecule has 0 amide bonds. The number of ether oxygens (including phenoxy) is 1. The molecule has 0 saturated carbocycles. The first-order valence-corrected chi connectivity index (χ1v) is 6.32. The smallest absolute Gasteiger partial charge is 0.0693 e. The largest absolute Gasteiger partial charge is 0.380 e. The predicted molar refractivity (Wildman–Crippen MR) is 70.3 cm³/mol.